The van der Waals surface area contributed by atoms with Crippen LogP contribution in [-0.4, -0.2) is 21.4 Å². The van der Waals surface area contributed by atoms with Crippen molar-refractivity contribution < 1.29 is 14.6 Å². The molecule has 0 spiro atoms. The minimum absolute atomic E-state index is 0.00806. The molecule has 0 radical (unpaired) electrons. The molecule has 1 aromatic carbocycles. The Morgan fingerprint density at radius 1 is 1.20 bits per heavy atom. The smallest absolute Gasteiger partial charge is 0.300 e. The van der Waals surface area contributed by atoms with Gasteiger partial charge in [-0.2, -0.15) is 0 Å². The Morgan fingerprint density at radius 3 is 2.35 bits per heavy atom. The number of carbonyl (C=O) groups excluding carboxylic acids is 1. The number of amides is 1. The van der Waals surface area contributed by atoms with Gasteiger partial charge < -0.3 is 10.6 Å². The zero-order valence-corrected chi connectivity index (χ0v) is 10.8. The fourth-order valence-electron chi connectivity index (χ4n) is 1.97. The van der Waals surface area contributed by atoms with Gasteiger partial charge in [-0.15, -0.1) is 0 Å². The van der Waals surface area contributed by atoms with E-state index in [1.807, 2.05) is 0 Å². The molecule has 1 heterocycles. The maximum absolute atomic E-state index is 12.0. The van der Waals surface area contributed by atoms with Gasteiger partial charge in [0.15, 0.2) is 0 Å². The third-order valence-electron chi connectivity index (χ3n) is 3.25. The summed E-state index contributed by atoms with van der Waals surface area (Å²) in [5, 5.41) is 27.4. The second kappa shape index (κ2) is 4.44. The van der Waals surface area contributed by atoms with Gasteiger partial charge in [0, 0.05) is 6.07 Å². The van der Waals surface area contributed by atoms with E-state index >= 15 is 0 Å². The van der Waals surface area contributed by atoms with Crippen LogP contribution < -0.4 is 10.6 Å². The third kappa shape index (κ3) is 2.13. The van der Waals surface area contributed by atoms with Gasteiger partial charge >= 0.3 is 0 Å². The van der Waals surface area contributed by atoms with Crippen molar-refractivity contribution in [2.24, 2.45) is 0 Å². The van der Waals surface area contributed by atoms with Gasteiger partial charge in [0.25, 0.3) is 17.3 Å². The Balaban J connectivity index is 2.68. The number of nitrogens with zero attached hydrogens (tertiary/aromatic N) is 2. The number of hydrogen-bond donors (Lipinski definition) is 2. The highest BCUT2D eigenvalue weighted by atomic mass is 16.6. The lowest BCUT2D eigenvalue weighted by atomic mass is 10.00. The molecule has 0 aromatic heterocycles. The molecule has 106 valence electrons. The van der Waals surface area contributed by atoms with E-state index in [9.17, 15) is 25.0 Å². The number of carbonyl (C=O) groups is 1. The molecule has 2 N–H and O–H groups in total. The Kier molecular flexibility index (Phi) is 3.04. The highest BCUT2D eigenvalue weighted by Gasteiger charge is 2.37. The van der Waals surface area contributed by atoms with E-state index in [-0.39, 0.29) is 11.3 Å². The van der Waals surface area contributed by atoms with E-state index in [0.717, 1.165) is 12.1 Å². The van der Waals surface area contributed by atoms with Crippen LogP contribution in [0.15, 0.2) is 12.1 Å². The van der Waals surface area contributed by atoms with Crippen molar-refractivity contribution in [3.63, 3.8) is 0 Å². The number of anilines is 1. The second-order valence-corrected chi connectivity index (χ2v) is 4.67. The molecule has 9 nitrogen and oxygen atoms in total. The first kappa shape index (κ1) is 13.7. The second-order valence-electron chi connectivity index (χ2n) is 4.67. The minimum Gasteiger partial charge on any atom is -0.357 e. The predicted molar refractivity (Wildman–Crippen MR) is 69.5 cm³/mol. The average Bonchev–Trinajstić information content (AvgIpc) is 2.37. The summed E-state index contributed by atoms with van der Waals surface area (Å²) >= 11 is 0. The van der Waals surface area contributed by atoms with Crippen molar-refractivity contribution in [1.29, 1.82) is 0 Å². The summed E-state index contributed by atoms with van der Waals surface area (Å²) in [6.07, 6.45) is 0.492. The molecule has 1 aromatic rings. The van der Waals surface area contributed by atoms with Crippen molar-refractivity contribution in [2.45, 2.75) is 25.9 Å². The van der Waals surface area contributed by atoms with Crippen molar-refractivity contribution in [3.8, 4) is 0 Å². The van der Waals surface area contributed by atoms with E-state index in [4.69, 9.17) is 0 Å². The molecular formula is C11H12N4O5. The Labute approximate surface area is 113 Å². The van der Waals surface area contributed by atoms with Crippen LogP contribution in [0.1, 0.15) is 30.6 Å². The van der Waals surface area contributed by atoms with Gasteiger partial charge in [0.05, 0.1) is 21.5 Å². The fourth-order valence-corrected chi connectivity index (χ4v) is 1.97. The van der Waals surface area contributed by atoms with Crippen LogP contribution in [0.5, 0.6) is 0 Å². The molecule has 9 heteroatoms. The minimum atomic E-state index is -0.828. The van der Waals surface area contributed by atoms with Crippen LogP contribution in [0.25, 0.3) is 0 Å². The van der Waals surface area contributed by atoms with E-state index in [1.165, 1.54) is 0 Å². The number of hydrogen-bond acceptors (Lipinski definition) is 6. The van der Waals surface area contributed by atoms with Gasteiger partial charge in [-0.3, -0.25) is 25.0 Å². The average molecular weight is 280 g/mol. The molecular weight excluding hydrogens is 268 g/mol. The normalized spacial score (nSPS) is 20.6. The molecule has 0 bridgehead atoms. The number of benzene rings is 1. The van der Waals surface area contributed by atoms with Crippen LogP contribution in [0.2, 0.25) is 0 Å². The predicted octanol–water partition coefficient (Wildman–Crippen LogP) is 1.78. The van der Waals surface area contributed by atoms with Crippen LogP contribution in [-0.2, 0) is 0 Å². The Morgan fingerprint density at radius 2 is 1.85 bits per heavy atom. The largest absolute Gasteiger partial charge is 0.357 e. The summed E-state index contributed by atoms with van der Waals surface area (Å²) in [5.74, 6) is -0.574. The lowest BCUT2D eigenvalue weighted by Crippen LogP contribution is -2.55. The monoisotopic (exact) mass is 280 g/mol. The number of rotatable bonds is 3. The molecule has 2 rings (SSSR count). The first-order chi connectivity index (χ1) is 9.27. The maximum atomic E-state index is 12.0. The van der Waals surface area contributed by atoms with Gasteiger partial charge in [-0.05, 0) is 13.3 Å². The summed E-state index contributed by atoms with van der Waals surface area (Å²) in [7, 11) is 0. The van der Waals surface area contributed by atoms with Crippen molar-refractivity contribution in [3.05, 3.63) is 37.9 Å². The van der Waals surface area contributed by atoms with Crippen LogP contribution in [0, 0.1) is 20.2 Å². The molecule has 0 saturated heterocycles. The molecule has 20 heavy (non-hydrogen) atoms. The van der Waals surface area contributed by atoms with Gasteiger partial charge in [0.2, 0.25) is 0 Å². The van der Waals surface area contributed by atoms with Gasteiger partial charge in [-0.1, -0.05) is 6.92 Å². The topological polar surface area (TPSA) is 127 Å². The van der Waals surface area contributed by atoms with E-state index in [1.54, 1.807) is 13.8 Å². The summed E-state index contributed by atoms with van der Waals surface area (Å²) in [6, 6.07) is 1.88. The van der Waals surface area contributed by atoms with Gasteiger partial charge in [0.1, 0.15) is 11.4 Å². The van der Waals surface area contributed by atoms with Crippen LogP contribution in [0.4, 0.5) is 17.1 Å². The molecule has 1 unspecified atom stereocenters. The lowest BCUT2D eigenvalue weighted by Gasteiger charge is -2.36. The first-order valence-corrected chi connectivity index (χ1v) is 5.85. The summed E-state index contributed by atoms with van der Waals surface area (Å²) < 4.78 is 0. The molecule has 1 amide bonds. The third-order valence-corrected chi connectivity index (χ3v) is 3.25. The Bertz CT molecular complexity index is 612. The number of nitro groups is 2. The molecule has 0 fully saturated rings. The highest BCUT2D eigenvalue weighted by molar-refractivity contribution is 6.05. The molecule has 0 saturated carbocycles. The van der Waals surface area contributed by atoms with Crippen molar-refractivity contribution in [2.75, 3.05) is 5.32 Å². The number of nitro benzene ring substituents is 2. The molecule has 1 aliphatic rings. The quantitative estimate of drug-likeness (QED) is 0.641. The molecule has 0 aliphatic carbocycles. The summed E-state index contributed by atoms with van der Waals surface area (Å²) in [5.41, 5.74) is -1.90. The number of fused-ring (bicyclic) bond motifs is 1. The van der Waals surface area contributed by atoms with Gasteiger partial charge in [-0.25, -0.2) is 0 Å². The standard InChI is InChI=1S/C11H12N4O5/c1-3-11(2)12-9-7(10(16)13-11)4-6(14(17)18)5-8(9)15(19)20/h4-5,12H,3H2,1-2H3,(H,13,16). The Hall–Kier alpha value is -2.71. The zero-order valence-electron chi connectivity index (χ0n) is 10.8. The van der Waals surface area contributed by atoms with Crippen LogP contribution >= 0.6 is 0 Å². The fraction of sp³-hybridized carbons (Fsp3) is 0.364. The maximum Gasteiger partial charge on any atom is 0.300 e. The van der Waals surface area contributed by atoms with Crippen molar-refractivity contribution >= 4 is 23.0 Å². The van der Waals surface area contributed by atoms with E-state index in [0.29, 0.717) is 6.42 Å². The number of nitrogens with one attached hydrogen (secondary N) is 2. The van der Waals surface area contributed by atoms with E-state index in [2.05, 4.69) is 10.6 Å². The molecule has 1 aliphatic heterocycles. The van der Waals surface area contributed by atoms with Crippen molar-refractivity contribution in [1.82, 2.24) is 5.32 Å². The van der Waals surface area contributed by atoms with E-state index < -0.39 is 32.8 Å². The lowest BCUT2D eigenvalue weighted by molar-refractivity contribution is -0.393. The molecule has 1 atom stereocenters. The SMILES string of the molecule is CCC1(C)NC(=O)c2cc([N+](=O)[O-])cc([N+](=O)[O-])c2N1. The summed E-state index contributed by atoms with van der Waals surface area (Å²) in [4.78, 5) is 32.3. The zero-order chi connectivity index (χ0) is 15.1. The van der Waals surface area contributed by atoms with Crippen LogP contribution in [0.3, 0.4) is 0 Å². The number of non-ortho nitro benzene ring substituents is 1. The first-order valence-electron chi connectivity index (χ1n) is 5.85. The highest BCUT2D eigenvalue weighted by Crippen LogP contribution is 2.37. The summed E-state index contributed by atoms with van der Waals surface area (Å²) in [6.45, 7) is 3.48.